The smallest absolute Gasteiger partial charge is 0.264 e. The molecule has 3 aromatic carbocycles. The maximum atomic E-state index is 13.9. The first-order valence-electron chi connectivity index (χ1n) is 12.7. The predicted molar refractivity (Wildman–Crippen MR) is 156 cm³/mol. The molecule has 0 spiro atoms. The van der Waals surface area contributed by atoms with Crippen molar-refractivity contribution < 1.29 is 22.4 Å². The van der Waals surface area contributed by atoms with Crippen LogP contribution in [0.4, 0.5) is 10.1 Å². The molecule has 40 heavy (non-hydrogen) atoms. The zero-order chi connectivity index (χ0) is 29.6. The first-order chi connectivity index (χ1) is 18.8. The van der Waals surface area contributed by atoms with Crippen LogP contribution in [0.25, 0.3) is 0 Å². The fourth-order valence-electron chi connectivity index (χ4n) is 3.84. The molecule has 0 aliphatic heterocycles. The number of aryl methyl sites for hydroxylation is 1. The Balaban J connectivity index is 2.02. The highest BCUT2D eigenvalue weighted by atomic mass is 35.5. The number of sulfonamides is 1. The van der Waals surface area contributed by atoms with Gasteiger partial charge in [0.2, 0.25) is 11.8 Å². The molecular formula is C29H32Cl2FN3O4S. The van der Waals surface area contributed by atoms with E-state index < -0.39 is 34.3 Å². The van der Waals surface area contributed by atoms with Gasteiger partial charge in [-0.3, -0.25) is 13.9 Å². The largest absolute Gasteiger partial charge is 0.354 e. The van der Waals surface area contributed by atoms with Crippen molar-refractivity contribution in [1.29, 1.82) is 0 Å². The third kappa shape index (κ3) is 7.96. The third-order valence-corrected chi connectivity index (χ3v) is 8.72. The topological polar surface area (TPSA) is 86.8 Å². The van der Waals surface area contributed by atoms with Crippen molar-refractivity contribution in [2.24, 2.45) is 5.92 Å². The molecule has 1 N–H and O–H groups in total. The zero-order valence-corrected chi connectivity index (χ0v) is 25.0. The van der Waals surface area contributed by atoms with Gasteiger partial charge < -0.3 is 10.2 Å². The molecule has 3 rings (SSSR count). The van der Waals surface area contributed by atoms with Gasteiger partial charge in [0.1, 0.15) is 18.4 Å². The van der Waals surface area contributed by atoms with Gasteiger partial charge in [0, 0.05) is 13.1 Å². The molecule has 3 aromatic rings. The summed E-state index contributed by atoms with van der Waals surface area (Å²) in [5.41, 5.74) is 1.75. The summed E-state index contributed by atoms with van der Waals surface area (Å²) in [6, 6.07) is 14.9. The Labute approximate surface area is 244 Å². The van der Waals surface area contributed by atoms with Crippen molar-refractivity contribution in [3.63, 3.8) is 0 Å². The van der Waals surface area contributed by atoms with Crippen LogP contribution in [0.1, 0.15) is 31.9 Å². The molecule has 2 amide bonds. The van der Waals surface area contributed by atoms with Gasteiger partial charge >= 0.3 is 0 Å². The minimum Gasteiger partial charge on any atom is -0.354 e. The van der Waals surface area contributed by atoms with Gasteiger partial charge in [0.25, 0.3) is 10.0 Å². The Morgan fingerprint density at radius 1 is 0.925 bits per heavy atom. The summed E-state index contributed by atoms with van der Waals surface area (Å²) in [6.07, 6.45) is 0. The van der Waals surface area contributed by atoms with E-state index in [2.05, 4.69) is 5.32 Å². The molecule has 0 radical (unpaired) electrons. The molecule has 0 aliphatic rings. The summed E-state index contributed by atoms with van der Waals surface area (Å²) in [6.45, 7) is 7.11. The highest BCUT2D eigenvalue weighted by molar-refractivity contribution is 7.92. The number of amides is 2. The highest BCUT2D eigenvalue weighted by Crippen LogP contribution is 2.26. The number of anilines is 1. The minimum atomic E-state index is -4.28. The number of hydrogen-bond donors (Lipinski definition) is 1. The normalized spacial score (nSPS) is 12.2. The van der Waals surface area contributed by atoms with Crippen LogP contribution in [0.2, 0.25) is 10.0 Å². The fraction of sp³-hybridized carbons (Fsp3) is 0.310. The van der Waals surface area contributed by atoms with Gasteiger partial charge in [0.05, 0.1) is 20.6 Å². The Kier molecular flexibility index (Phi) is 10.6. The first-order valence-corrected chi connectivity index (χ1v) is 14.8. The molecule has 0 aliphatic carbocycles. The molecule has 7 nitrogen and oxygen atoms in total. The first kappa shape index (κ1) is 31.4. The molecule has 0 saturated carbocycles. The number of rotatable bonds is 11. The minimum absolute atomic E-state index is 0.0235. The number of halogens is 3. The lowest BCUT2D eigenvalue weighted by Crippen LogP contribution is -2.51. The van der Waals surface area contributed by atoms with Crippen molar-refractivity contribution in [3.8, 4) is 0 Å². The van der Waals surface area contributed by atoms with Crippen molar-refractivity contribution in [3.05, 3.63) is 93.7 Å². The number of benzene rings is 3. The van der Waals surface area contributed by atoms with Crippen LogP contribution in [0.5, 0.6) is 0 Å². The number of carbonyl (C=O) groups excluding carboxylic acids is 2. The molecule has 0 bridgehead atoms. The summed E-state index contributed by atoms with van der Waals surface area (Å²) in [7, 11) is -4.28. The van der Waals surface area contributed by atoms with E-state index in [-0.39, 0.29) is 34.0 Å². The van der Waals surface area contributed by atoms with Crippen molar-refractivity contribution >= 4 is 50.7 Å². The summed E-state index contributed by atoms with van der Waals surface area (Å²) < 4.78 is 42.0. The standard InChI is InChI=1S/C29H32Cl2FN3O4S/c1-19(2)16-33-29(37)21(4)34(17-22-7-14-26(30)27(31)15-22)28(36)18-35(24-10-5-20(3)6-11-24)40(38,39)25-12-8-23(32)9-13-25/h5-15,19,21H,16-18H2,1-4H3,(H,33,37)/t21-/m1/s1. The van der Waals surface area contributed by atoms with Crippen molar-refractivity contribution in [1.82, 2.24) is 10.2 Å². The monoisotopic (exact) mass is 607 g/mol. The molecule has 11 heteroatoms. The highest BCUT2D eigenvalue weighted by Gasteiger charge is 2.32. The second-order valence-electron chi connectivity index (χ2n) is 9.89. The Hall–Kier alpha value is -3.14. The summed E-state index contributed by atoms with van der Waals surface area (Å²) in [5.74, 6) is -1.41. The Morgan fingerprint density at radius 3 is 2.12 bits per heavy atom. The van der Waals surface area contributed by atoms with Crippen LogP contribution in [0, 0.1) is 18.7 Å². The van der Waals surface area contributed by atoms with Crippen LogP contribution in [0.15, 0.2) is 71.6 Å². The zero-order valence-electron chi connectivity index (χ0n) is 22.7. The van der Waals surface area contributed by atoms with Crippen molar-refractivity contribution in [2.75, 3.05) is 17.4 Å². The second kappa shape index (κ2) is 13.5. The molecular weight excluding hydrogens is 576 g/mol. The van der Waals surface area contributed by atoms with E-state index in [9.17, 15) is 22.4 Å². The summed E-state index contributed by atoms with van der Waals surface area (Å²) >= 11 is 12.2. The van der Waals surface area contributed by atoms with Gasteiger partial charge in [0.15, 0.2) is 0 Å². The van der Waals surface area contributed by atoms with Gasteiger partial charge in [-0.1, -0.05) is 60.8 Å². The van der Waals surface area contributed by atoms with Crippen LogP contribution in [-0.4, -0.2) is 44.3 Å². The molecule has 0 saturated heterocycles. The van der Waals surface area contributed by atoms with E-state index in [1.807, 2.05) is 20.8 Å². The Bertz CT molecular complexity index is 1450. The summed E-state index contributed by atoms with van der Waals surface area (Å²) in [5, 5.41) is 3.45. The van der Waals surface area contributed by atoms with Crippen molar-refractivity contribution in [2.45, 2.75) is 45.2 Å². The van der Waals surface area contributed by atoms with E-state index in [0.29, 0.717) is 17.1 Å². The predicted octanol–water partition coefficient (Wildman–Crippen LogP) is 5.83. The maximum absolute atomic E-state index is 13.9. The van der Waals surface area contributed by atoms with E-state index in [1.54, 1.807) is 49.4 Å². The molecule has 0 aromatic heterocycles. The molecule has 0 unspecified atom stereocenters. The van der Waals surface area contributed by atoms with Gasteiger partial charge in [-0.15, -0.1) is 0 Å². The van der Waals surface area contributed by atoms with Crippen LogP contribution in [-0.2, 0) is 26.2 Å². The van der Waals surface area contributed by atoms with E-state index >= 15 is 0 Å². The van der Waals surface area contributed by atoms with Crippen LogP contribution in [0.3, 0.4) is 0 Å². The quantitative estimate of drug-likeness (QED) is 0.297. The summed E-state index contributed by atoms with van der Waals surface area (Å²) in [4.78, 5) is 28.0. The lowest BCUT2D eigenvalue weighted by molar-refractivity contribution is -0.139. The van der Waals surface area contributed by atoms with Gasteiger partial charge in [-0.2, -0.15) is 0 Å². The van der Waals surface area contributed by atoms with Crippen LogP contribution >= 0.6 is 23.2 Å². The molecule has 0 heterocycles. The average Bonchev–Trinajstić information content (AvgIpc) is 2.91. The Morgan fingerprint density at radius 2 is 1.55 bits per heavy atom. The molecule has 214 valence electrons. The lowest BCUT2D eigenvalue weighted by atomic mass is 10.1. The fourth-order valence-corrected chi connectivity index (χ4v) is 5.58. The van der Waals surface area contributed by atoms with E-state index in [1.165, 1.54) is 4.90 Å². The lowest BCUT2D eigenvalue weighted by Gasteiger charge is -2.32. The number of carbonyl (C=O) groups is 2. The van der Waals surface area contributed by atoms with Gasteiger partial charge in [-0.25, -0.2) is 12.8 Å². The maximum Gasteiger partial charge on any atom is 0.264 e. The van der Waals surface area contributed by atoms with Gasteiger partial charge in [-0.05, 0) is 73.9 Å². The number of nitrogens with one attached hydrogen (secondary N) is 1. The van der Waals surface area contributed by atoms with Crippen LogP contribution < -0.4 is 9.62 Å². The van der Waals surface area contributed by atoms with E-state index in [0.717, 1.165) is 34.1 Å². The second-order valence-corrected chi connectivity index (χ2v) is 12.6. The SMILES string of the molecule is Cc1ccc(N(CC(=O)N(Cc2ccc(Cl)c(Cl)c2)[C@H](C)C(=O)NCC(C)C)S(=O)(=O)c2ccc(F)cc2)cc1. The average molecular weight is 609 g/mol. The number of nitrogens with zero attached hydrogens (tertiary/aromatic N) is 2. The molecule has 1 atom stereocenters. The third-order valence-electron chi connectivity index (χ3n) is 6.19. The number of hydrogen-bond acceptors (Lipinski definition) is 4. The molecule has 0 fully saturated rings. The van der Waals surface area contributed by atoms with E-state index in [4.69, 9.17) is 23.2 Å².